The van der Waals surface area contributed by atoms with E-state index in [-0.39, 0.29) is 0 Å². The molecule has 1 aliphatic rings. The third-order valence-electron chi connectivity index (χ3n) is 4.78. The van der Waals surface area contributed by atoms with Gasteiger partial charge in [-0.2, -0.15) is 0 Å². The van der Waals surface area contributed by atoms with Crippen LogP contribution < -0.4 is 11.2 Å². The van der Waals surface area contributed by atoms with Crippen molar-refractivity contribution in [2.45, 2.75) is 38.9 Å². The zero-order chi connectivity index (χ0) is 17.5. The highest BCUT2D eigenvalue weighted by Crippen LogP contribution is 2.36. The molecule has 1 amide bonds. The number of carbonyl (C=O) groups excluding carboxylic acids is 1. The van der Waals surface area contributed by atoms with Crippen molar-refractivity contribution in [1.29, 1.82) is 0 Å². The summed E-state index contributed by atoms with van der Waals surface area (Å²) < 4.78 is 12.2. The highest BCUT2D eigenvalue weighted by atomic mass is 16.7. The van der Waals surface area contributed by atoms with Gasteiger partial charge in [0.15, 0.2) is 0 Å². The van der Waals surface area contributed by atoms with E-state index >= 15 is 0 Å². The molecule has 0 atom stereocenters. The Balaban J connectivity index is 2.05. The largest absolute Gasteiger partial charge is 0.494 e. The molecular weight excluding hydrogens is 303 g/mol. The minimum Gasteiger partial charge on any atom is -0.399 e. The fraction of sp³-hybridized carbons (Fsp3) is 0.333. The summed E-state index contributed by atoms with van der Waals surface area (Å²) >= 11 is 0. The molecule has 0 unspecified atom stereocenters. The van der Waals surface area contributed by atoms with Gasteiger partial charge in [0, 0.05) is 17.3 Å². The average molecular weight is 324 g/mol. The van der Waals surface area contributed by atoms with Crippen molar-refractivity contribution in [2.75, 3.05) is 0 Å². The molecule has 24 heavy (non-hydrogen) atoms. The molecule has 0 bridgehead atoms. The highest BCUT2D eigenvalue weighted by Gasteiger charge is 2.51. The summed E-state index contributed by atoms with van der Waals surface area (Å²) in [6.07, 6.45) is 1.68. The van der Waals surface area contributed by atoms with Gasteiger partial charge in [0.25, 0.3) is 0 Å². The minimum absolute atomic E-state index is 0.425. The van der Waals surface area contributed by atoms with Gasteiger partial charge in [0.05, 0.1) is 16.9 Å². The summed E-state index contributed by atoms with van der Waals surface area (Å²) in [5.74, 6) is -0.490. The number of rotatable bonds is 3. The van der Waals surface area contributed by atoms with Crippen LogP contribution in [-0.4, -0.2) is 29.2 Å². The molecular formula is C18H21BN2O3. The first-order chi connectivity index (χ1) is 11.2. The van der Waals surface area contributed by atoms with E-state index in [9.17, 15) is 4.79 Å². The second kappa shape index (κ2) is 5.72. The highest BCUT2D eigenvalue weighted by molar-refractivity contribution is 6.62. The summed E-state index contributed by atoms with van der Waals surface area (Å²) in [5, 5.41) is 0. The SMILES string of the molecule is CC1(C)OB(c2ccc(C(N)=O)c(-c3ccccn3)c2)OC1(C)C. The monoisotopic (exact) mass is 324 g/mol. The average Bonchev–Trinajstić information content (AvgIpc) is 2.75. The number of primary amides is 1. The number of benzene rings is 1. The van der Waals surface area contributed by atoms with E-state index in [4.69, 9.17) is 15.0 Å². The third kappa shape index (κ3) is 2.83. The lowest BCUT2D eigenvalue weighted by atomic mass is 9.77. The number of nitrogens with zero attached hydrogens (tertiary/aromatic N) is 1. The number of hydrogen-bond acceptors (Lipinski definition) is 4. The van der Waals surface area contributed by atoms with Gasteiger partial charge in [-0.15, -0.1) is 0 Å². The van der Waals surface area contributed by atoms with Gasteiger partial charge in [0.1, 0.15) is 0 Å². The van der Waals surface area contributed by atoms with Crippen molar-refractivity contribution in [1.82, 2.24) is 4.98 Å². The first-order valence-electron chi connectivity index (χ1n) is 7.92. The zero-order valence-electron chi connectivity index (χ0n) is 14.4. The summed E-state index contributed by atoms with van der Waals surface area (Å²) in [5.41, 5.74) is 7.28. The first kappa shape index (κ1) is 16.7. The van der Waals surface area contributed by atoms with Crippen molar-refractivity contribution in [2.24, 2.45) is 5.73 Å². The molecule has 6 heteroatoms. The lowest BCUT2D eigenvalue weighted by molar-refractivity contribution is 0.00578. The Hall–Kier alpha value is -2.18. The van der Waals surface area contributed by atoms with Crippen LogP contribution in [0.15, 0.2) is 42.6 Å². The molecule has 0 saturated carbocycles. The van der Waals surface area contributed by atoms with E-state index < -0.39 is 24.2 Å². The second-order valence-corrected chi connectivity index (χ2v) is 6.97. The van der Waals surface area contributed by atoms with E-state index in [2.05, 4.69) is 4.98 Å². The van der Waals surface area contributed by atoms with Gasteiger partial charge in [-0.1, -0.05) is 18.2 Å². The molecule has 2 aromatic rings. The van der Waals surface area contributed by atoms with Crippen LogP contribution in [0.5, 0.6) is 0 Å². The standard InChI is InChI=1S/C18H21BN2O3/c1-17(2)18(3,4)24-19(23-17)12-8-9-13(16(20)22)14(11-12)15-7-5-6-10-21-15/h5-11H,1-4H3,(H2,20,22). The van der Waals surface area contributed by atoms with Crippen LogP contribution in [0.25, 0.3) is 11.3 Å². The number of hydrogen-bond donors (Lipinski definition) is 1. The molecule has 1 aromatic heterocycles. The van der Waals surface area contributed by atoms with E-state index in [1.54, 1.807) is 12.3 Å². The maximum absolute atomic E-state index is 11.8. The molecule has 1 fully saturated rings. The minimum atomic E-state index is -0.501. The Morgan fingerprint density at radius 3 is 2.29 bits per heavy atom. The van der Waals surface area contributed by atoms with Crippen molar-refractivity contribution >= 4 is 18.5 Å². The van der Waals surface area contributed by atoms with Crippen LogP contribution in [0.1, 0.15) is 38.1 Å². The summed E-state index contributed by atoms with van der Waals surface area (Å²) in [6, 6.07) is 10.9. The number of pyridine rings is 1. The lowest BCUT2D eigenvalue weighted by Gasteiger charge is -2.32. The van der Waals surface area contributed by atoms with Crippen molar-refractivity contribution < 1.29 is 14.1 Å². The number of carbonyl (C=O) groups is 1. The van der Waals surface area contributed by atoms with E-state index in [0.29, 0.717) is 16.8 Å². The first-order valence-corrected chi connectivity index (χ1v) is 7.92. The van der Waals surface area contributed by atoms with Crippen LogP contribution in [0.3, 0.4) is 0 Å². The fourth-order valence-corrected chi connectivity index (χ4v) is 2.64. The Bertz CT molecular complexity index is 759. The van der Waals surface area contributed by atoms with Gasteiger partial charge >= 0.3 is 7.12 Å². The van der Waals surface area contributed by atoms with Gasteiger partial charge in [0.2, 0.25) is 5.91 Å². The molecule has 0 aliphatic carbocycles. The Labute approximate surface area is 142 Å². The van der Waals surface area contributed by atoms with Gasteiger partial charge in [-0.05, 0) is 51.4 Å². The molecule has 0 radical (unpaired) electrons. The predicted molar refractivity (Wildman–Crippen MR) is 93.9 cm³/mol. The van der Waals surface area contributed by atoms with Gasteiger partial charge in [-0.3, -0.25) is 9.78 Å². The van der Waals surface area contributed by atoms with E-state index in [0.717, 1.165) is 5.46 Å². The van der Waals surface area contributed by atoms with Crippen LogP contribution in [0, 0.1) is 0 Å². The maximum atomic E-state index is 11.8. The quantitative estimate of drug-likeness (QED) is 0.878. The van der Waals surface area contributed by atoms with Crippen LogP contribution in [0.4, 0.5) is 0 Å². The van der Waals surface area contributed by atoms with Crippen LogP contribution >= 0.6 is 0 Å². The predicted octanol–water partition coefficient (Wildman–Crippen LogP) is 2.15. The molecule has 124 valence electrons. The summed E-state index contributed by atoms with van der Waals surface area (Å²) in [4.78, 5) is 16.1. The molecule has 2 heterocycles. The topological polar surface area (TPSA) is 74.4 Å². The number of amides is 1. The summed E-state index contributed by atoms with van der Waals surface area (Å²) in [6.45, 7) is 8.02. The Morgan fingerprint density at radius 1 is 1.08 bits per heavy atom. The van der Waals surface area contributed by atoms with Gasteiger partial charge in [-0.25, -0.2) is 0 Å². The molecule has 1 aliphatic heterocycles. The molecule has 3 rings (SSSR count). The fourth-order valence-electron chi connectivity index (χ4n) is 2.64. The second-order valence-electron chi connectivity index (χ2n) is 6.97. The molecule has 0 spiro atoms. The smallest absolute Gasteiger partial charge is 0.399 e. The lowest BCUT2D eigenvalue weighted by Crippen LogP contribution is -2.41. The Morgan fingerprint density at radius 2 is 1.75 bits per heavy atom. The molecule has 2 N–H and O–H groups in total. The number of aromatic nitrogens is 1. The van der Waals surface area contributed by atoms with Crippen molar-refractivity contribution in [3.05, 3.63) is 48.2 Å². The maximum Gasteiger partial charge on any atom is 0.494 e. The number of nitrogens with two attached hydrogens (primary N) is 1. The molecule has 5 nitrogen and oxygen atoms in total. The van der Waals surface area contributed by atoms with Crippen molar-refractivity contribution in [3.8, 4) is 11.3 Å². The van der Waals surface area contributed by atoms with Gasteiger partial charge < -0.3 is 15.0 Å². The van der Waals surface area contributed by atoms with E-state index in [1.165, 1.54) is 0 Å². The summed E-state index contributed by atoms with van der Waals surface area (Å²) in [7, 11) is -0.501. The normalized spacial score (nSPS) is 18.6. The van der Waals surface area contributed by atoms with E-state index in [1.807, 2.05) is 58.0 Å². The van der Waals surface area contributed by atoms with Crippen LogP contribution in [0.2, 0.25) is 0 Å². The zero-order valence-corrected chi connectivity index (χ0v) is 14.4. The van der Waals surface area contributed by atoms with Crippen molar-refractivity contribution in [3.63, 3.8) is 0 Å². The van der Waals surface area contributed by atoms with Crippen LogP contribution in [-0.2, 0) is 9.31 Å². The molecule has 1 saturated heterocycles. The Kier molecular flexibility index (Phi) is 3.97. The third-order valence-corrected chi connectivity index (χ3v) is 4.78. The molecule has 1 aromatic carbocycles.